The van der Waals surface area contributed by atoms with Gasteiger partial charge in [0.1, 0.15) is 0 Å². The standard InChI is InChI=1S/C15H28N2O3/c1-4-17(13-7-5-6-8-13)15(20)16-10-12(14(18)19)9-11(2)3/h11-13H,4-10H2,1-3H3,(H,16,20)(H,18,19). The number of aliphatic carboxylic acids is 1. The number of nitrogens with zero attached hydrogens (tertiary/aromatic N) is 1. The van der Waals surface area contributed by atoms with Crippen LogP contribution in [0.4, 0.5) is 4.79 Å². The number of amides is 2. The molecule has 1 saturated carbocycles. The summed E-state index contributed by atoms with van der Waals surface area (Å²) in [5, 5.41) is 12.0. The average molecular weight is 284 g/mol. The lowest BCUT2D eigenvalue weighted by molar-refractivity contribution is -0.142. The van der Waals surface area contributed by atoms with Crippen molar-refractivity contribution in [2.75, 3.05) is 13.1 Å². The van der Waals surface area contributed by atoms with Gasteiger partial charge >= 0.3 is 12.0 Å². The van der Waals surface area contributed by atoms with Crippen molar-refractivity contribution in [1.82, 2.24) is 10.2 Å². The summed E-state index contributed by atoms with van der Waals surface area (Å²) in [6.45, 7) is 6.86. The molecule has 0 bridgehead atoms. The highest BCUT2D eigenvalue weighted by atomic mass is 16.4. The van der Waals surface area contributed by atoms with Crippen LogP contribution >= 0.6 is 0 Å². The number of rotatable bonds is 7. The Bertz CT molecular complexity index is 325. The Balaban J connectivity index is 2.48. The zero-order valence-corrected chi connectivity index (χ0v) is 12.9. The molecule has 5 nitrogen and oxygen atoms in total. The van der Waals surface area contributed by atoms with Crippen LogP contribution in [0.2, 0.25) is 0 Å². The second kappa shape index (κ2) is 8.12. The lowest BCUT2D eigenvalue weighted by Crippen LogP contribution is -2.47. The average Bonchev–Trinajstić information content (AvgIpc) is 2.88. The third-order valence-electron chi connectivity index (χ3n) is 3.97. The quantitative estimate of drug-likeness (QED) is 0.755. The Morgan fingerprint density at radius 2 is 1.90 bits per heavy atom. The molecule has 1 rings (SSSR count). The van der Waals surface area contributed by atoms with E-state index in [1.807, 2.05) is 25.7 Å². The molecule has 20 heavy (non-hydrogen) atoms. The Kier molecular flexibility index (Phi) is 6.82. The molecular weight excluding hydrogens is 256 g/mol. The highest BCUT2D eigenvalue weighted by Crippen LogP contribution is 2.23. The minimum absolute atomic E-state index is 0.116. The van der Waals surface area contributed by atoms with Gasteiger partial charge in [-0.1, -0.05) is 26.7 Å². The van der Waals surface area contributed by atoms with E-state index in [0.29, 0.717) is 24.9 Å². The predicted octanol–water partition coefficient (Wildman–Crippen LogP) is 2.71. The third-order valence-corrected chi connectivity index (χ3v) is 3.97. The van der Waals surface area contributed by atoms with Gasteiger partial charge in [0.25, 0.3) is 0 Å². The highest BCUT2D eigenvalue weighted by molar-refractivity contribution is 5.76. The molecule has 1 aliphatic carbocycles. The van der Waals surface area contributed by atoms with E-state index in [1.165, 1.54) is 12.8 Å². The first-order chi connectivity index (χ1) is 9.45. The van der Waals surface area contributed by atoms with Gasteiger partial charge in [-0.3, -0.25) is 4.79 Å². The van der Waals surface area contributed by atoms with Crippen molar-refractivity contribution < 1.29 is 14.7 Å². The van der Waals surface area contributed by atoms with E-state index in [-0.39, 0.29) is 12.6 Å². The van der Waals surface area contributed by atoms with Crippen molar-refractivity contribution in [3.05, 3.63) is 0 Å². The van der Waals surface area contributed by atoms with Gasteiger partial charge in [-0.2, -0.15) is 0 Å². The van der Waals surface area contributed by atoms with Crippen LogP contribution in [0.25, 0.3) is 0 Å². The molecule has 0 aliphatic heterocycles. The number of carbonyl (C=O) groups is 2. The van der Waals surface area contributed by atoms with Crippen LogP contribution in [0.5, 0.6) is 0 Å². The van der Waals surface area contributed by atoms with Gasteiger partial charge in [-0.25, -0.2) is 4.79 Å². The van der Waals surface area contributed by atoms with Crippen LogP contribution < -0.4 is 5.32 Å². The van der Waals surface area contributed by atoms with E-state index in [2.05, 4.69) is 5.32 Å². The maximum Gasteiger partial charge on any atom is 0.317 e. The van der Waals surface area contributed by atoms with Crippen LogP contribution in [-0.4, -0.2) is 41.1 Å². The first-order valence-corrected chi connectivity index (χ1v) is 7.73. The van der Waals surface area contributed by atoms with Gasteiger partial charge in [-0.05, 0) is 32.1 Å². The van der Waals surface area contributed by atoms with Gasteiger partial charge in [0, 0.05) is 19.1 Å². The molecule has 0 aromatic carbocycles. The van der Waals surface area contributed by atoms with Crippen LogP contribution in [-0.2, 0) is 4.79 Å². The van der Waals surface area contributed by atoms with Gasteiger partial charge < -0.3 is 15.3 Å². The number of hydrogen-bond acceptors (Lipinski definition) is 2. The minimum Gasteiger partial charge on any atom is -0.481 e. The number of urea groups is 1. The summed E-state index contributed by atoms with van der Waals surface area (Å²) >= 11 is 0. The molecule has 0 spiro atoms. The molecule has 0 radical (unpaired) electrons. The van der Waals surface area contributed by atoms with Gasteiger partial charge in [0.15, 0.2) is 0 Å². The van der Waals surface area contributed by atoms with E-state index in [0.717, 1.165) is 12.8 Å². The molecule has 2 N–H and O–H groups in total. The molecule has 116 valence electrons. The summed E-state index contributed by atoms with van der Waals surface area (Å²) in [4.78, 5) is 25.2. The predicted molar refractivity (Wildman–Crippen MR) is 78.6 cm³/mol. The fourth-order valence-electron chi connectivity index (χ4n) is 2.94. The monoisotopic (exact) mass is 284 g/mol. The smallest absolute Gasteiger partial charge is 0.317 e. The largest absolute Gasteiger partial charge is 0.481 e. The molecular formula is C15H28N2O3. The summed E-state index contributed by atoms with van der Waals surface area (Å²) in [5.41, 5.74) is 0. The Morgan fingerprint density at radius 3 is 2.35 bits per heavy atom. The van der Waals surface area contributed by atoms with Crippen LogP contribution in [0, 0.1) is 11.8 Å². The maximum absolute atomic E-state index is 12.2. The summed E-state index contributed by atoms with van der Waals surface area (Å²) in [6, 6.07) is 0.211. The molecule has 0 aromatic heterocycles. The first kappa shape index (κ1) is 16.8. The first-order valence-electron chi connectivity index (χ1n) is 7.73. The Morgan fingerprint density at radius 1 is 1.30 bits per heavy atom. The summed E-state index contributed by atoms with van der Waals surface area (Å²) in [7, 11) is 0. The summed E-state index contributed by atoms with van der Waals surface area (Å²) in [5.74, 6) is -1.02. The normalized spacial score (nSPS) is 17.2. The Labute approximate surface area is 121 Å². The van der Waals surface area contributed by atoms with E-state index in [4.69, 9.17) is 0 Å². The van der Waals surface area contributed by atoms with Gasteiger partial charge in [0.05, 0.1) is 5.92 Å². The number of carboxylic acid groups (broad SMARTS) is 1. The number of carboxylic acids is 1. The number of nitrogens with one attached hydrogen (secondary N) is 1. The maximum atomic E-state index is 12.2. The molecule has 2 amide bonds. The topological polar surface area (TPSA) is 69.6 Å². The van der Waals surface area contributed by atoms with E-state index >= 15 is 0 Å². The number of hydrogen-bond donors (Lipinski definition) is 2. The van der Waals surface area contributed by atoms with E-state index in [1.54, 1.807) is 0 Å². The van der Waals surface area contributed by atoms with Crippen LogP contribution in [0.3, 0.4) is 0 Å². The second-order valence-electron chi connectivity index (χ2n) is 6.08. The second-order valence-corrected chi connectivity index (χ2v) is 6.08. The fraction of sp³-hybridized carbons (Fsp3) is 0.867. The SMILES string of the molecule is CCN(C(=O)NCC(CC(C)C)C(=O)O)C1CCCC1. The summed E-state index contributed by atoms with van der Waals surface area (Å²) < 4.78 is 0. The van der Waals surface area contributed by atoms with Crippen molar-refractivity contribution in [1.29, 1.82) is 0 Å². The van der Waals surface area contributed by atoms with Crippen molar-refractivity contribution in [3.63, 3.8) is 0 Å². The third kappa shape index (κ3) is 5.02. The molecule has 1 aliphatic rings. The minimum atomic E-state index is -0.831. The molecule has 0 heterocycles. The van der Waals surface area contributed by atoms with E-state index < -0.39 is 11.9 Å². The highest BCUT2D eigenvalue weighted by Gasteiger charge is 2.26. The van der Waals surface area contributed by atoms with E-state index in [9.17, 15) is 14.7 Å². The molecule has 1 atom stereocenters. The van der Waals surface area contributed by atoms with Crippen molar-refractivity contribution in [3.8, 4) is 0 Å². The zero-order chi connectivity index (χ0) is 15.1. The Hall–Kier alpha value is -1.26. The summed E-state index contributed by atoms with van der Waals surface area (Å²) in [6.07, 6.45) is 5.08. The van der Waals surface area contributed by atoms with Crippen molar-refractivity contribution in [2.24, 2.45) is 11.8 Å². The van der Waals surface area contributed by atoms with Gasteiger partial charge in [-0.15, -0.1) is 0 Å². The van der Waals surface area contributed by atoms with Crippen LogP contribution in [0.15, 0.2) is 0 Å². The lowest BCUT2D eigenvalue weighted by Gasteiger charge is -2.28. The van der Waals surface area contributed by atoms with Crippen LogP contribution in [0.1, 0.15) is 52.9 Å². The molecule has 1 fully saturated rings. The van der Waals surface area contributed by atoms with Crippen molar-refractivity contribution in [2.45, 2.75) is 58.9 Å². The lowest BCUT2D eigenvalue weighted by atomic mass is 9.97. The number of carbonyl (C=O) groups excluding carboxylic acids is 1. The molecule has 0 saturated heterocycles. The van der Waals surface area contributed by atoms with Gasteiger partial charge in [0.2, 0.25) is 0 Å². The molecule has 1 unspecified atom stereocenters. The fourth-order valence-corrected chi connectivity index (χ4v) is 2.94. The zero-order valence-electron chi connectivity index (χ0n) is 12.9. The van der Waals surface area contributed by atoms with Crippen molar-refractivity contribution >= 4 is 12.0 Å². The molecule has 0 aromatic rings. The molecule has 5 heteroatoms.